The topological polar surface area (TPSA) is 29.1 Å². The maximum atomic E-state index is 13.5. The second-order valence-corrected chi connectivity index (χ2v) is 5.83. The summed E-state index contributed by atoms with van der Waals surface area (Å²) in [5.41, 5.74) is -1.38. The van der Waals surface area contributed by atoms with Gasteiger partial charge in [-0.3, -0.25) is 4.79 Å². The number of carbonyl (C=O) groups is 1. The van der Waals surface area contributed by atoms with Gasteiger partial charge in [-0.1, -0.05) is 12.8 Å². The van der Waals surface area contributed by atoms with Crippen molar-refractivity contribution in [1.29, 1.82) is 0 Å². The number of benzene rings is 1. The molecule has 0 heterocycles. The number of alkyl halides is 3. The van der Waals surface area contributed by atoms with Gasteiger partial charge in [-0.2, -0.15) is 13.2 Å². The van der Waals surface area contributed by atoms with Crippen LogP contribution >= 0.6 is 0 Å². The van der Waals surface area contributed by atoms with Crippen LogP contribution in [0.2, 0.25) is 0 Å². The quantitative estimate of drug-likeness (QED) is 0.480. The Labute approximate surface area is 137 Å². The van der Waals surface area contributed by atoms with Gasteiger partial charge in [0.15, 0.2) is 23.3 Å². The molecule has 1 aromatic carbocycles. The Kier molecular flexibility index (Phi) is 5.58. The molecule has 1 saturated carbocycles. The van der Waals surface area contributed by atoms with Crippen molar-refractivity contribution in [1.82, 2.24) is 5.32 Å². The van der Waals surface area contributed by atoms with Crippen molar-refractivity contribution in [2.24, 2.45) is 5.92 Å². The molecule has 2 nitrogen and oxygen atoms in total. The van der Waals surface area contributed by atoms with Crippen molar-refractivity contribution in [2.75, 3.05) is 0 Å². The standard InChI is InChI=1S/C15H13F8NO/c16-10-6(11(17)13(19)14(20)12(10)18)5-9(25)24-8-4-2-1-3-7(8)15(21,22)23/h7-8H,1-5H2,(H,24,25)/t7-,8-/m0/s1. The molecule has 25 heavy (non-hydrogen) atoms. The van der Waals surface area contributed by atoms with E-state index in [0.717, 1.165) is 0 Å². The monoisotopic (exact) mass is 375 g/mol. The highest BCUT2D eigenvalue weighted by atomic mass is 19.4. The molecule has 2 atom stereocenters. The molecule has 0 spiro atoms. The average molecular weight is 375 g/mol. The second kappa shape index (κ2) is 7.17. The van der Waals surface area contributed by atoms with Gasteiger partial charge in [-0.15, -0.1) is 0 Å². The lowest BCUT2D eigenvalue weighted by atomic mass is 9.84. The van der Waals surface area contributed by atoms with Crippen LogP contribution in [0.5, 0.6) is 0 Å². The van der Waals surface area contributed by atoms with Crippen molar-refractivity contribution in [3.05, 3.63) is 34.6 Å². The molecule has 140 valence electrons. The highest BCUT2D eigenvalue weighted by Gasteiger charge is 2.46. The van der Waals surface area contributed by atoms with Crippen molar-refractivity contribution >= 4 is 5.91 Å². The largest absolute Gasteiger partial charge is 0.393 e. The molecule has 1 aliphatic carbocycles. The number of hydrogen-bond donors (Lipinski definition) is 1. The zero-order valence-electron chi connectivity index (χ0n) is 12.6. The lowest BCUT2D eigenvalue weighted by Gasteiger charge is -2.33. The maximum Gasteiger partial charge on any atom is 0.393 e. The van der Waals surface area contributed by atoms with Crippen LogP contribution in [-0.2, 0) is 11.2 Å². The van der Waals surface area contributed by atoms with E-state index in [-0.39, 0.29) is 12.8 Å². The minimum atomic E-state index is -4.57. The molecule has 1 aromatic rings. The van der Waals surface area contributed by atoms with Crippen molar-refractivity contribution in [3.63, 3.8) is 0 Å². The van der Waals surface area contributed by atoms with E-state index in [4.69, 9.17) is 0 Å². The highest BCUT2D eigenvalue weighted by molar-refractivity contribution is 5.79. The van der Waals surface area contributed by atoms with Gasteiger partial charge in [0.05, 0.1) is 12.3 Å². The molecule has 1 fully saturated rings. The van der Waals surface area contributed by atoms with E-state index in [1.165, 1.54) is 0 Å². The molecule has 0 aliphatic heterocycles. The lowest BCUT2D eigenvalue weighted by molar-refractivity contribution is -0.189. The van der Waals surface area contributed by atoms with Gasteiger partial charge in [-0.05, 0) is 12.8 Å². The Morgan fingerprint density at radius 1 is 0.880 bits per heavy atom. The molecule has 2 rings (SSSR count). The van der Waals surface area contributed by atoms with E-state index in [1.807, 2.05) is 5.32 Å². The molecule has 1 aliphatic rings. The van der Waals surface area contributed by atoms with Crippen LogP contribution in [0.25, 0.3) is 0 Å². The molecular weight excluding hydrogens is 362 g/mol. The van der Waals surface area contributed by atoms with Crippen LogP contribution in [0.15, 0.2) is 0 Å². The normalized spacial score (nSPS) is 21.3. The van der Waals surface area contributed by atoms with Crippen LogP contribution in [-0.4, -0.2) is 18.1 Å². The number of carbonyl (C=O) groups excluding carboxylic acids is 1. The molecule has 0 unspecified atom stereocenters. The summed E-state index contributed by atoms with van der Waals surface area (Å²) in [7, 11) is 0. The fourth-order valence-electron chi connectivity index (χ4n) is 2.92. The lowest BCUT2D eigenvalue weighted by Crippen LogP contribution is -2.48. The third kappa shape index (κ3) is 4.04. The van der Waals surface area contributed by atoms with E-state index < -0.39 is 65.1 Å². The molecule has 0 radical (unpaired) electrons. The summed E-state index contributed by atoms with van der Waals surface area (Å²) in [6, 6.07) is -1.30. The van der Waals surface area contributed by atoms with Crippen molar-refractivity contribution < 1.29 is 39.9 Å². The van der Waals surface area contributed by atoms with Crippen LogP contribution in [0.3, 0.4) is 0 Å². The van der Waals surface area contributed by atoms with E-state index >= 15 is 0 Å². The average Bonchev–Trinajstić information content (AvgIpc) is 2.54. The SMILES string of the molecule is O=C(Cc1c(F)c(F)c(F)c(F)c1F)N[C@H]1CCCC[C@@H]1C(F)(F)F. The Balaban J connectivity index is 2.18. The van der Waals surface area contributed by atoms with Crippen molar-refractivity contribution in [2.45, 2.75) is 44.3 Å². The van der Waals surface area contributed by atoms with Gasteiger partial charge >= 0.3 is 6.18 Å². The number of amides is 1. The Bertz CT molecular complexity index is 643. The first-order valence-corrected chi connectivity index (χ1v) is 7.40. The third-order valence-electron chi connectivity index (χ3n) is 4.17. The van der Waals surface area contributed by atoms with Crippen molar-refractivity contribution in [3.8, 4) is 0 Å². The first-order chi connectivity index (χ1) is 11.5. The van der Waals surface area contributed by atoms with Crippen LogP contribution < -0.4 is 5.32 Å². The van der Waals surface area contributed by atoms with E-state index in [1.54, 1.807) is 0 Å². The zero-order chi connectivity index (χ0) is 18.9. The van der Waals surface area contributed by atoms with Crippen LogP contribution in [0, 0.1) is 35.0 Å². The van der Waals surface area contributed by atoms with Crippen LogP contribution in [0.4, 0.5) is 35.1 Å². The zero-order valence-corrected chi connectivity index (χ0v) is 12.6. The van der Waals surface area contributed by atoms with E-state index in [9.17, 15) is 39.9 Å². The van der Waals surface area contributed by atoms with Crippen LogP contribution in [0.1, 0.15) is 31.2 Å². The summed E-state index contributed by atoms with van der Waals surface area (Å²) in [6.07, 6.45) is -5.30. The van der Waals surface area contributed by atoms with Gasteiger partial charge in [0.1, 0.15) is 0 Å². The van der Waals surface area contributed by atoms with Gasteiger partial charge in [-0.25, -0.2) is 22.0 Å². The smallest absolute Gasteiger partial charge is 0.352 e. The Morgan fingerprint density at radius 2 is 1.36 bits per heavy atom. The molecule has 1 amide bonds. The summed E-state index contributed by atoms with van der Waals surface area (Å²) >= 11 is 0. The summed E-state index contributed by atoms with van der Waals surface area (Å²) in [6.45, 7) is 0. The first-order valence-electron chi connectivity index (χ1n) is 7.40. The maximum absolute atomic E-state index is 13.5. The van der Waals surface area contributed by atoms with Gasteiger partial charge in [0.2, 0.25) is 11.7 Å². The van der Waals surface area contributed by atoms with E-state index in [0.29, 0.717) is 12.8 Å². The minimum Gasteiger partial charge on any atom is -0.352 e. The molecule has 0 aromatic heterocycles. The van der Waals surface area contributed by atoms with Gasteiger partial charge in [0.25, 0.3) is 0 Å². The number of nitrogens with one attached hydrogen (secondary N) is 1. The fourth-order valence-corrected chi connectivity index (χ4v) is 2.92. The van der Waals surface area contributed by atoms with Gasteiger partial charge < -0.3 is 5.32 Å². The molecule has 1 N–H and O–H groups in total. The predicted octanol–water partition coefficient (Wildman–Crippen LogP) is 4.16. The molecular formula is C15H13F8NO. The summed E-state index contributed by atoms with van der Waals surface area (Å²) in [4.78, 5) is 11.8. The van der Waals surface area contributed by atoms with E-state index in [2.05, 4.69) is 0 Å². The predicted molar refractivity (Wildman–Crippen MR) is 69.9 cm³/mol. The summed E-state index contributed by atoms with van der Waals surface area (Å²) < 4.78 is 105. The number of hydrogen-bond acceptors (Lipinski definition) is 1. The second-order valence-electron chi connectivity index (χ2n) is 5.83. The summed E-state index contributed by atoms with van der Waals surface area (Å²) in [5, 5.41) is 2.00. The fraction of sp³-hybridized carbons (Fsp3) is 0.533. The molecule has 10 heteroatoms. The van der Waals surface area contributed by atoms with Gasteiger partial charge in [0, 0.05) is 11.6 Å². The number of rotatable bonds is 3. The summed E-state index contributed by atoms with van der Waals surface area (Å²) in [5.74, 6) is -14.2. The number of halogens is 8. The highest BCUT2D eigenvalue weighted by Crippen LogP contribution is 2.37. The first kappa shape index (κ1) is 19.5. The molecule has 0 saturated heterocycles. The third-order valence-corrected chi connectivity index (χ3v) is 4.17. The minimum absolute atomic E-state index is 0.00697. The Morgan fingerprint density at radius 3 is 1.88 bits per heavy atom. The Hall–Kier alpha value is -1.87. The molecule has 0 bridgehead atoms.